The Bertz CT molecular complexity index is 703. The minimum absolute atomic E-state index is 0.306. The van der Waals surface area contributed by atoms with Gasteiger partial charge in [0.25, 0.3) is 0 Å². The van der Waals surface area contributed by atoms with E-state index in [1.807, 2.05) is 24.3 Å². The zero-order valence-corrected chi connectivity index (χ0v) is 16.7. The number of nitrogens with one attached hydrogen (secondary N) is 2. The first-order chi connectivity index (χ1) is 13.5. The molecule has 4 aliphatic carbocycles. The van der Waals surface area contributed by atoms with E-state index >= 15 is 0 Å². The molecule has 6 heteroatoms. The predicted octanol–water partition coefficient (Wildman–Crippen LogP) is 2.27. The average Bonchev–Trinajstić information content (AvgIpc) is 2.71. The van der Waals surface area contributed by atoms with Crippen LogP contribution in [0.1, 0.15) is 37.7 Å². The summed E-state index contributed by atoms with van der Waals surface area (Å²) in [5.74, 6) is 2.22. The van der Waals surface area contributed by atoms with Gasteiger partial charge in [-0.1, -0.05) is 12.1 Å². The zero-order valence-electron chi connectivity index (χ0n) is 16.7. The molecular formula is C22H30N2O4. The minimum atomic E-state index is -0.606. The second-order valence-corrected chi connectivity index (χ2v) is 8.68. The van der Waals surface area contributed by atoms with Gasteiger partial charge in [0.15, 0.2) is 0 Å². The maximum Gasteiger partial charge on any atom is 0.309 e. The van der Waals surface area contributed by atoms with Crippen LogP contribution in [0.25, 0.3) is 0 Å². The van der Waals surface area contributed by atoms with E-state index in [1.54, 1.807) is 14.2 Å². The Labute approximate surface area is 166 Å². The summed E-state index contributed by atoms with van der Waals surface area (Å²) < 4.78 is 11.2. The molecule has 2 amide bonds. The molecule has 0 heterocycles. The van der Waals surface area contributed by atoms with Crippen LogP contribution in [-0.4, -0.2) is 38.2 Å². The molecule has 4 saturated carbocycles. The van der Waals surface area contributed by atoms with Crippen LogP contribution >= 0.6 is 0 Å². The highest BCUT2D eigenvalue weighted by Gasteiger charge is 2.57. The van der Waals surface area contributed by atoms with Gasteiger partial charge in [0.05, 0.1) is 12.7 Å². The number of benzene rings is 1. The van der Waals surface area contributed by atoms with Gasteiger partial charge < -0.3 is 20.1 Å². The van der Waals surface area contributed by atoms with Gasteiger partial charge in [-0.25, -0.2) is 0 Å². The number of ether oxygens (including phenoxy) is 2. The third kappa shape index (κ3) is 3.50. The lowest BCUT2D eigenvalue weighted by Gasteiger charge is -2.60. The van der Waals surface area contributed by atoms with E-state index in [2.05, 4.69) is 10.6 Å². The fraction of sp³-hybridized carbons (Fsp3) is 0.636. The average molecular weight is 386 g/mol. The van der Waals surface area contributed by atoms with Crippen molar-refractivity contribution in [3.05, 3.63) is 29.8 Å². The summed E-state index contributed by atoms with van der Waals surface area (Å²) >= 11 is 0. The topological polar surface area (TPSA) is 76.7 Å². The van der Waals surface area contributed by atoms with Crippen molar-refractivity contribution < 1.29 is 19.1 Å². The molecule has 1 aromatic rings. The van der Waals surface area contributed by atoms with Crippen LogP contribution in [-0.2, 0) is 20.9 Å². The molecule has 0 aliphatic heterocycles. The minimum Gasteiger partial charge on any atom is -0.497 e. The molecule has 0 radical (unpaired) electrons. The summed E-state index contributed by atoms with van der Waals surface area (Å²) in [4.78, 5) is 24.6. The maximum absolute atomic E-state index is 12.4. The lowest BCUT2D eigenvalue weighted by Crippen LogP contribution is -2.63. The van der Waals surface area contributed by atoms with E-state index in [-0.39, 0.29) is 5.60 Å². The Balaban J connectivity index is 1.31. The largest absolute Gasteiger partial charge is 0.497 e. The van der Waals surface area contributed by atoms with E-state index in [1.165, 1.54) is 32.1 Å². The lowest BCUT2D eigenvalue weighted by molar-refractivity contribution is -0.188. The zero-order chi connectivity index (χ0) is 19.7. The number of amides is 2. The fourth-order valence-electron chi connectivity index (χ4n) is 5.98. The molecule has 4 bridgehead atoms. The molecule has 0 spiro atoms. The third-order valence-corrected chi connectivity index (χ3v) is 7.24. The summed E-state index contributed by atoms with van der Waals surface area (Å²) in [5.41, 5.74) is 0.607. The van der Waals surface area contributed by atoms with Crippen molar-refractivity contribution in [3.8, 4) is 5.75 Å². The number of rotatable bonds is 6. The van der Waals surface area contributed by atoms with Crippen molar-refractivity contribution in [1.82, 2.24) is 10.6 Å². The Hall–Kier alpha value is -2.08. The van der Waals surface area contributed by atoms with Crippen LogP contribution < -0.4 is 15.4 Å². The van der Waals surface area contributed by atoms with Crippen molar-refractivity contribution in [2.24, 2.45) is 23.7 Å². The lowest BCUT2D eigenvalue weighted by atomic mass is 9.49. The van der Waals surface area contributed by atoms with E-state index < -0.39 is 11.8 Å². The molecule has 1 aromatic carbocycles. The third-order valence-electron chi connectivity index (χ3n) is 7.24. The van der Waals surface area contributed by atoms with E-state index in [0.29, 0.717) is 24.9 Å². The first-order valence-corrected chi connectivity index (χ1v) is 10.3. The molecule has 28 heavy (non-hydrogen) atoms. The summed E-state index contributed by atoms with van der Waals surface area (Å²) in [6.07, 6.45) is 6.15. The molecule has 6 nitrogen and oxygen atoms in total. The Kier molecular flexibility index (Phi) is 5.32. The highest BCUT2D eigenvalue weighted by molar-refractivity contribution is 6.35. The molecule has 0 aromatic heterocycles. The number of carbonyl (C=O) groups is 2. The number of methoxy groups -OCH3 is 2. The SMILES string of the molecule is COc1ccc(CNC(=O)C(=O)NCC2(OC)C3CC4CC(C3)CC2C4)cc1. The summed E-state index contributed by atoms with van der Waals surface area (Å²) in [6.45, 7) is 0.730. The number of hydrogen-bond acceptors (Lipinski definition) is 4. The molecule has 2 N–H and O–H groups in total. The van der Waals surface area contributed by atoms with Crippen molar-refractivity contribution in [1.29, 1.82) is 0 Å². The second kappa shape index (κ2) is 7.74. The van der Waals surface area contributed by atoms with Gasteiger partial charge in [0.1, 0.15) is 5.75 Å². The van der Waals surface area contributed by atoms with Crippen LogP contribution in [0.4, 0.5) is 0 Å². The van der Waals surface area contributed by atoms with Crippen molar-refractivity contribution in [2.75, 3.05) is 20.8 Å². The molecular weight excluding hydrogens is 356 g/mol. The molecule has 0 saturated heterocycles. The monoisotopic (exact) mass is 386 g/mol. The van der Waals surface area contributed by atoms with Crippen molar-refractivity contribution in [3.63, 3.8) is 0 Å². The maximum atomic E-state index is 12.4. The second-order valence-electron chi connectivity index (χ2n) is 8.68. The molecule has 5 rings (SSSR count). The van der Waals surface area contributed by atoms with Crippen LogP contribution in [0.2, 0.25) is 0 Å². The van der Waals surface area contributed by atoms with Crippen LogP contribution in [0, 0.1) is 23.7 Å². The number of carbonyl (C=O) groups excluding carboxylic acids is 2. The quantitative estimate of drug-likeness (QED) is 0.736. The normalized spacial score (nSPS) is 32.8. The summed E-state index contributed by atoms with van der Waals surface area (Å²) in [6, 6.07) is 7.39. The predicted molar refractivity (Wildman–Crippen MR) is 105 cm³/mol. The Morgan fingerprint density at radius 1 is 0.929 bits per heavy atom. The first-order valence-electron chi connectivity index (χ1n) is 10.3. The van der Waals surface area contributed by atoms with Crippen LogP contribution in [0.3, 0.4) is 0 Å². The van der Waals surface area contributed by atoms with Crippen LogP contribution in [0.5, 0.6) is 5.75 Å². The van der Waals surface area contributed by atoms with Crippen LogP contribution in [0.15, 0.2) is 24.3 Å². The molecule has 152 valence electrons. The van der Waals surface area contributed by atoms with Gasteiger partial charge >= 0.3 is 11.8 Å². The smallest absolute Gasteiger partial charge is 0.309 e. The van der Waals surface area contributed by atoms with Gasteiger partial charge in [-0.15, -0.1) is 0 Å². The van der Waals surface area contributed by atoms with Gasteiger partial charge in [-0.3, -0.25) is 9.59 Å². The number of hydrogen-bond donors (Lipinski definition) is 2. The molecule has 0 unspecified atom stereocenters. The highest BCUT2D eigenvalue weighted by atomic mass is 16.5. The van der Waals surface area contributed by atoms with Gasteiger partial charge in [-0.2, -0.15) is 0 Å². The summed E-state index contributed by atoms with van der Waals surface area (Å²) in [7, 11) is 3.37. The van der Waals surface area contributed by atoms with Gasteiger partial charge in [0.2, 0.25) is 0 Å². The van der Waals surface area contributed by atoms with E-state index in [4.69, 9.17) is 9.47 Å². The van der Waals surface area contributed by atoms with E-state index in [0.717, 1.165) is 23.1 Å². The molecule has 4 fully saturated rings. The first kappa shape index (κ1) is 19.2. The molecule has 0 atom stereocenters. The van der Waals surface area contributed by atoms with E-state index in [9.17, 15) is 9.59 Å². The Morgan fingerprint density at radius 3 is 2.04 bits per heavy atom. The summed E-state index contributed by atoms with van der Waals surface area (Å²) in [5, 5.41) is 5.55. The van der Waals surface area contributed by atoms with Gasteiger partial charge in [-0.05, 0) is 73.5 Å². The molecule has 4 aliphatic rings. The Morgan fingerprint density at radius 2 is 1.50 bits per heavy atom. The highest BCUT2D eigenvalue weighted by Crippen LogP contribution is 2.59. The van der Waals surface area contributed by atoms with Gasteiger partial charge in [0, 0.05) is 20.2 Å². The fourth-order valence-corrected chi connectivity index (χ4v) is 5.98. The standard InChI is InChI=1S/C22H30N2O4/c1-27-19-5-3-14(4-6-19)12-23-20(25)21(26)24-13-22(28-2)17-8-15-7-16(10-17)11-18(22)9-15/h3-6,15-18H,7-13H2,1-2H3,(H,23,25)(H,24,26). The van der Waals surface area contributed by atoms with Crippen molar-refractivity contribution >= 4 is 11.8 Å². The van der Waals surface area contributed by atoms with Crippen molar-refractivity contribution in [2.45, 2.75) is 44.2 Å².